The van der Waals surface area contributed by atoms with Crippen LogP contribution in [0.5, 0.6) is 0 Å². The molecule has 9 heteroatoms. The largest absolute Gasteiger partial charge is 0.465 e. The predicted molar refractivity (Wildman–Crippen MR) is 76.5 cm³/mol. The van der Waals surface area contributed by atoms with Gasteiger partial charge in [0.1, 0.15) is 11.7 Å². The quantitative estimate of drug-likeness (QED) is 0.518. The van der Waals surface area contributed by atoms with Crippen molar-refractivity contribution < 1.29 is 22.7 Å². The summed E-state index contributed by atoms with van der Waals surface area (Å²) >= 11 is 5.71. The standard InChI is InChI=1S/C12H17ClN2O5S/c1-3-20-12(16)9-15(6-7-19-2)21(17,18)10-4-5-14-11(13)8-10/h4-5,8H,3,6-7,9H2,1-2H3. The molecule has 118 valence electrons. The molecule has 0 atom stereocenters. The number of carbonyl (C=O) groups excluding carboxylic acids is 1. The lowest BCUT2D eigenvalue weighted by molar-refractivity contribution is -0.143. The summed E-state index contributed by atoms with van der Waals surface area (Å²) in [6, 6.07) is 2.54. The number of hydrogen-bond acceptors (Lipinski definition) is 6. The van der Waals surface area contributed by atoms with E-state index in [1.54, 1.807) is 6.92 Å². The summed E-state index contributed by atoms with van der Waals surface area (Å²) in [7, 11) is -2.44. The second-order valence-electron chi connectivity index (χ2n) is 3.95. The van der Waals surface area contributed by atoms with Gasteiger partial charge in [-0.3, -0.25) is 4.79 Å². The maximum Gasteiger partial charge on any atom is 0.321 e. The van der Waals surface area contributed by atoms with Crippen LogP contribution < -0.4 is 0 Å². The molecule has 7 nitrogen and oxygen atoms in total. The molecular weight excluding hydrogens is 320 g/mol. The van der Waals surface area contributed by atoms with Gasteiger partial charge in [-0.15, -0.1) is 0 Å². The molecule has 0 aliphatic heterocycles. The average molecular weight is 337 g/mol. The van der Waals surface area contributed by atoms with E-state index in [1.807, 2.05) is 0 Å². The van der Waals surface area contributed by atoms with Gasteiger partial charge in [-0.25, -0.2) is 13.4 Å². The Morgan fingerprint density at radius 1 is 1.48 bits per heavy atom. The Balaban J connectivity index is 3.02. The van der Waals surface area contributed by atoms with E-state index in [9.17, 15) is 13.2 Å². The third kappa shape index (κ3) is 5.24. The Morgan fingerprint density at radius 3 is 2.76 bits per heavy atom. The average Bonchev–Trinajstić information content (AvgIpc) is 2.43. The number of ether oxygens (including phenoxy) is 2. The summed E-state index contributed by atoms with van der Waals surface area (Å²) in [4.78, 5) is 15.2. The molecule has 0 amide bonds. The van der Waals surface area contributed by atoms with Crippen LogP contribution in [0.3, 0.4) is 0 Å². The van der Waals surface area contributed by atoms with Gasteiger partial charge in [0.05, 0.1) is 18.1 Å². The zero-order valence-electron chi connectivity index (χ0n) is 11.8. The number of hydrogen-bond donors (Lipinski definition) is 0. The van der Waals surface area contributed by atoms with Gasteiger partial charge in [0.2, 0.25) is 10.0 Å². The van der Waals surface area contributed by atoms with Gasteiger partial charge in [0.25, 0.3) is 0 Å². The molecule has 1 aromatic heterocycles. The van der Waals surface area contributed by atoms with Crippen molar-refractivity contribution in [3.8, 4) is 0 Å². The highest BCUT2D eigenvalue weighted by atomic mass is 35.5. The highest BCUT2D eigenvalue weighted by Gasteiger charge is 2.27. The van der Waals surface area contributed by atoms with Gasteiger partial charge in [-0.1, -0.05) is 11.6 Å². The first-order valence-corrected chi connectivity index (χ1v) is 8.00. The van der Waals surface area contributed by atoms with Gasteiger partial charge < -0.3 is 9.47 Å². The fourth-order valence-corrected chi connectivity index (χ4v) is 3.14. The molecule has 0 N–H and O–H groups in total. The van der Waals surface area contributed by atoms with Crippen LogP contribution in [0.1, 0.15) is 6.92 Å². The summed E-state index contributed by atoms with van der Waals surface area (Å²) in [6.07, 6.45) is 1.29. The number of esters is 1. The van der Waals surface area contributed by atoms with Crippen LogP contribution in [-0.2, 0) is 24.3 Å². The molecule has 0 aliphatic carbocycles. The lowest BCUT2D eigenvalue weighted by atomic mass is 10.5. The Bertz CT molecular complexity index is 579. The van der Waals surface area contributed by atoms with E-state index < -0.39 is 16.0 Å². The highest BCUT2D eigenvalue weighted by Crippen LogP contribution is 2.18. The maximum absolute atomic E-state index is 12.5. The van der Waals surface area contributed by atoms with Crippen molar-refractivity contribution in [3.63, 3.8) is 0 Å². The van der Waals surface area contributed by atoms with Crippen molar-refractivity contribution in [3.05, 3.63) is 23.5 Å². The number of sulfonamides is 1. The summed E-state index contributed by atoms with van der Waals surface area (Å²) in [5, 5.41) is 0.0545. The van der Waals surface area contributed by atoms with E-state index in [-0.39, 0.29) is 36.4 Å². The molecule has 0 unspecified atom stereocenters. The monoisotopic (exact) mass is 336 g/mol. The van der Waals surface area contributed by atoms with E-state index in [2.05, 4.69) is 4.98 Å². The van der Waals surface area contributed by atoms with E-state index in [0.717, 1.165) is 4.31 Å². The predicted octanol–water partition coefficient (Wildman–Crippen LogP) is 0.935. The highest BCUT2D eigenvalue weighted by molar-refractivity contribution is 7.89. The minimum absolute atomic E-state index is 0.0254. The molecule has 0 radical (unpaired) electrons. The third-order valence-corrected chi connectivity index (χ3v) is 4.54. The van der Waals surface area contributed by atoms with E-state index in [0.29, 0.717) is 0 Å². The number of halogens is 1. The summed E-state index contributed by atoms with van der Waals surface area (Å²) in [5.41, 5.74) is 0. The molecule has 0 bridgehead atoms. The van der Waals surface area contributed by atoms with Gasteiger partial charge >= 0.3 is 5.97 Å². The third-order valence-electron chi connectivity index (χ3n) is 2.49. The van der Waals surface area contributed by atoms with E-state index in [1.165, 1.54) is 25.4 Å². The zero-order chi connectivity index (χ0) is 15.9. The van der Waals surface area contributed by atoms with Crippen molar-refractivity contribution >= 4 is 27.6 Å². The molecule has 1 rings (SSSR count). The fourth-order valence-electron chi connectivity index (χ4n) is 1.52. The SMILES string of the molecule is CCOC(=O)CN(CCOC)S(=O)(=O)c1ccnc(Cl)c1. The van der Waals surface area contributed by atoms with Gasteiger partial charge in [0.15, 0.2) is 0 Å². The van der Waals surface area contributed by atoms with Crippen molar-refractivity contribution in [1.82, 2.24) is 9.29 Å². The van der Waals surface area contributed by atoms with Crippen LogP contribution in [0.25, 0.3) is 0 Å². The van der Waals surface area contributed by atoms with Crippen molar-refractivity contribution in [2.24, 2.45) is 0 Å². The minimum Gasteiger partial charge on any atom is -0.465 e. The van der Waals surface area contributed by atoms with Crippen LogP contribution in [0.2, 0.25) is 5.15 Å². The van der Waals surface area contributed by atoms with Gasteiger partial charge in [-0.05, 0) is 19.1 Å². The summed E-state index contributed by atoms with van der Waals surface area (Å²) in [6.45, 7) is 1.61. The van der Waals surface area contributed by atoms with Crippen LogP contribution in [0, 0.1) is 0 Å². The number of rotatable bonds is 8. The second-order valence-corrected chi connectivity index (χ2v) is 6.28. The lowest BCUT2D eigenvalue weighted by Gasteiger charge is -2.20. The van der Waals surface area contributed by atoms with Crippen molar-refractivity contribution in [1.29, 1.82) is 0 Å². The minimum atomic E-state index is -3.88. The first-order valence-electron chi connectivity index (χ1n) is 6.18. The number of methoxy groups -OCH3 is 1. The van der Waals surface area contributed by atoms with Gasteiger partial charge in [-0.2, -0.15) is 4.31 Å². The molecule has 0 saturated heterocycles. The molecule has 1 heterocycles. The number of carbonyl (C=O) groups is 1. The topological polar surface area (TPSA) is 85.8 Å². The Morgan fingerprint density at radius 2 is 2.19 bits per heavy atom. The van der Waals surface area contributed by atoms with Crippen LogP contribution in [0.15, 0.2) is 23.2 Å². The van der Waals surface area contributed by atoms with E-state index in [4.69, 9.17) is 21.1 Å². The zero-order valence-corrected chi connectivity index (χ0v) is 13.4. The molecule has 0 fully saturated rings. The fraction of sp³-hybridized carbons (Fsp3) is 0.500. The van der Waals surface area contributed by atoms with Crippen LogP contribution in [-0.4, -0.2) is 57.1 Å². The number of nitrogens with zero attached hydrogens (tertiary/aromatic N) is 2. The Hall–Kier alpha value is -1.22. The summed E-state index contributed by atoms with van der Waals surface area (Å²) in [5.74, 6) is -0.627. The maximum atomic E-state index is 12.5. The molecule has 0 aliphatic rings. The molecular formula is C12H17ClN2O5S. The summed E-state index contributed by atoms with van der Waals surface area (Å²) < 4.78 is 35.7. The number of aromatic nitrogens is 1. The van der Waals surface area contributed by atoms with Crippen molar-refractivity contribution in [2.45, 2.75) is 11.8 Å². The lowest BCUT2D eigenvalue weighted by Crippen LogP contribution is -2.38. The Labute approximate surface area is 128 Å². The van der Waals surface area contributed by atoms with E-state index >= 15 is 0 Å². The first-order chi connectivity index (χ1) is 9.91. The van der Waals surface area contributed by atoms with Crippen LogP contribution >= 0.6 is 11.6 Å². The smallest absolute Gasteiger partial charge is 0.321 e. The first kappa shape index (κ1) is 17.8. The van der Waals surface area contributed by atoms with Crippen LogP contribution in [0.4, 0.5) is 0 Å². The van der Waals surface area contributed by atoms with Crippen molar-refractivity contribution in [2.75, 3.05) is 33.4 Å². The molecule has 0 saturated carbocycles. The second kappa shape index (κ2) is 8.28. The molecule has 0 aromatic carbocycles. The molecule has 0 spiro atoms. The number of pyridine rings is 1. The van der Waals surface area contributed by atoms with Gasteiger partial charge in [0, 0.05) is 19.9 Å². The normalized spacial score (nSPS) is 11.6. The molecule has 21 heavy (non-hydrogen) atoms. The molecule has 1 aromatic rings. The Kier molecular flexibility index (Phi) is 7.03.